The van der Waals surface area contributed by atoms with E-state index in [2.05, 4.69) is 16.0 Å². The van der Waals surface area contributed by atoms with Crippen LogP contribution in [-0.2, 0) is 30.3 Å². The number of esters is 1. The van der Waals surface area contributed by atoms with Crippen LogP contribution < -0.4 is 16.0 Å². The van der Waals surface area contributed by atoms with E-state index in [0.717, 1.165) is 12.5 Å². The van der Waals surface area contributed by atoms with Gasteiger partial charge in [0, 0.05) is 12.8 Å². The second-order valence-corrected chi connectivity index (χ2v) is 8.41. The molecule has 0 saturated carbocycles. The average molecular weight is 470 g/mol. The summed E-state index contributed by atoms with van der Waals surface area (Å²) in [4.78, 5) is 48.8. The molecule has 3 N–H and O–H groups in total. The zero-order chi connectivity index (χ0) is 25.0. The Bertz CT molecular complexity index is 784. The summed E-state index contributed by atoms with van der Waals surface area (Å²) in [7, 11) is 1.21. The zero-order valence-electron chi connectivity index (χ0n) is 19.4. The third-order valence-electron chi connectivity index (χ3n) is 4.88. The quantitative estimate of drug-likeness (QED) is 0.285. The Morgan fingerprint density at radius 2 is 1.61 bits per heavy atom. The van der Waals surface area contributed by atoms with E-state index in [1.54, 1.807) is 24.3 Å². The zero-order valence-corrected chi connectivity index (χ0v) is 19.4. The van der Waals surface area contributed by atoms with Crippen molar-refractivity contribution < 1.29 is 32.7 Å². The van der Waals surface area contributed by atoms with Crippen molar-refractivity contribution in [3.63, 3.8) is 0 Å². The Morgan fingerprint density at radius 1 is 1.03 bits per heavy atom. The van der Waals surface area contributed by atoms with Gasteiger partial charge in [-0.15, -0.1) is 0 Å². The van der Waals surface area contributed by atoms with Crippen molar-refractivity contribution in [2.45, 2.75) is 70.5 Å². The fourth-order valence-corrected chi connectivity index (χ4v) is 3.20. The van der Waals surface area contributed by atoms with Crippen LogP contribution in [0.5, 0.6) is 0 Å². The number of methoxy groups -OCH3 is 1. The van der Waals surface area contributed by atoms with E-state index in [1.165, 1.54) is 7.11 Å². The molecule has 3 amide bonds. The highest BCUT2D eigenvalue weighted by molar-refractivity contribution is 5.92. The lowest BCUT2D eigenvalue weighted by Crippen LogP contribution is -2.56. The fraction of sp³-hybridized carbons (Fsp3) is 0.565. The summed E-state index contributed by atoms with van der Waals surface area (Å²) in [6.07, 6.45) is -0.253. The first-order valence-electron chi connectivity index (χ1n) is 10.8. The molecule has 1 aromatic rings. The molecule has 10 heteroatoms. The van der Waals surface area contributed by atoms with Crippen LogP contribution in [0.3, 0.4) is 0 Å². The number of alkyl halides is 2. The molecule has 0 aliphatic rings. The van der Waals surface area contributed by atoms with Gasteiger partial charge < -0.3 is 20.7 Å². The Labute approximate surface area is 192 Å². The highest BCUT2D eigenvalue weighted by atomic mass is 19.3. The monoisotopic (exact) mass is 469 g/mol. The van der Waals surface area contributed by atoms with Gasteiger partial charge in [-0.05, 0) is 31.2 Å². The highest BCUT2D eigenvalue weighted by Crippen LogP contribution is 2.20. The number of amides is 3. The maximum Gasteiger partial charge on any atom is 0.328 e. The van der Waals surface area contributed by atoms with Crippen molar-refractivity contribution in [2.24, 2.45) is 5.92 Å². The summed E-state index contributed by atoms with van der Waals surface area (Å²) < 4.78 is 31.3. The molecule has 1 aromatic carbocycles. The van der Waals surface area contributed by atoms with Gasteiger partial charge in [0.2, 0.25) is 24.1 Å². The van der Waals surface area contributed by atoms with Crippen molar-refractivity contribution in [3.8, 4) is 0 Å². The van der Waals surface area contributed by atoms with Crippen molar-refractivity contribution in [3.05, 3.63) is 35.9 Å². The summed E-state index contributed by atoms with van der Waals surface area (Å²) in [6, 6.07) is 5.76. The maximum absolute atomic E-state index is 13.2. The molecule has 0 radical (unpaired) electrons. The fourth-order valence-electron chi connectivity index (χ4n) is 3.20. The minimum Gasteiger partial charge on any atom is -0.467 e. The van der Waals surface area contributed by atoms with Gasteiger partial charge in [0.15, 0.2) is 0 Å². The van der Waals surface area contributed by atoms with Crippen LogP contribution in [0.15, 0.2) is 30.3 Å². The van der Waals surface area contributed by atoms with E-state index >= 15 is 0 Å². The molecule has 0 bridgehead atoms. The van der Waals surface area contributed by atoms with E-state index in [0.29, 0.717) is 0 Å². The molecule has 0 fully saturated rings. The lowest BCUT2D eigenvalue weighted by Gasteiger charge is -2.25. The van der Waals surface area contributed by atoms with E-state index < -0.39 is 48.3 Å². The molecule has 0 aliphatic carbocycles. The number of benzene rings is 1. The van der Waals surface area contributed by atoms with Crippen LogP contribution in [0, 0.1) is 5.92 Å². The van der Waals surface area contributed by atoms with E-state index in [4.69, 9.17) is 4.74 Å². The first-order chi connectivity index (χ1) is 15.5. The molecule has 8 nitrogen and oxygen atoms in total. The molecule has 184 valence electrons. The largest absolute Gasteiger partial charge is 0.467 e. The molecule has 3 atom stereocenters. The standard InChI is InChI=1S/C23H33F2N3O5/c1-15(2)12-18(27-20(30)17(26-14-29)10-11-23(3,24)25)21(31)28-19(22(32)33-4)13-16-8-6-5-7-9-16/h5-9,14-15,17-19H,10-13H2,1-4H3,(H,26,29)(H,27,30)(H,28,31)/t17-,18-,19-/m0/s1. The molecule has 0 spiro atoms. The molecular weight excluding hydrogens is 436 g/mol. The molecule has 0 aromatic heterocycles. The molecule has 33 heavy (non-hydrogen) atoms. The SMILES string of the molecule is COC(=O)[C@H](Cc1ccccc1)NC(=O)[C@H](CC(C)C)NC(=O)[C@H](CCC(C)(F)F)NC=O. The van der Waals surface area contributed by atoms with Gasteiger partial charge in [0.1, 0.15) is 18.1 Å². The average Bonchev–Trinajstić information content (AvgIpc) is 2.74. The van der Waals surface area contributed by atoms with Gasteiger partial charge in [-0.1, -0.05) is 44.2 Å². The van der Waals surface area contributed by atoms with Gasteiger partial charge in [-0.3, -0.25) is 14.4 Å². The second kappa shape index (κ2) is 13.5. The molecular formula is C23H33F2N3O5. The Morgan fingerprint density at radius 3 is 2.12 bits per heavy atom. The van der Waals surface area contributed by atoms with Gasteiger partial charge in [-0.25, -0.2) is 13.6 Å². The molecule has 1 rings (SSSR count). The minimum atomic E-state index is -3.01. The number of ether oxygens (including phenoxy) is 1. The number of rotatable bonds is 14. The number of hydrogen-bond acceptors (Lipinski definition) is 5. The number of hydrogen-bond donors (Lipinski definition) is 3. The topological polar surface area (TPSA) is 114 Å². The Kier molecular flexibility index (Phi) is 11.4. The van der Waals surface area contributed by atoms with E-state index in [9.17, 15) is 28.0 Å². The van der Waals surface area contributed by atoms with Gasteiger partial charge in [0.25, 0.3) is 0 Å². The number of halogens is 2. The predicted molar refractivity (Wildman–Crippen MR) is 118 cm³/mol. The number of nitrogens with one attached hydrogen (secondary N) is 3. The first kappa shape index (κ1) is 28.0. The van der Waals surface area contributed by atoms with Crippen LogP contribution in [0.4, 0.5) is 8.78 Å². The molecule has 0 heterocycles. The van der Waals surface area contributed by atoms with Crippen LogP contribution in [-0.4, -0.2) is 55.4 Å². The number of carbonyl (C=O) groups excluding carboxylic acids is 4. The van der Waals surface area contributed by atoms with Crippen LogP contribution in [0.25, 0.3) is 0 Å². The normalized spacial score (nSPS) is 14.0. The molecule has 0 unspecified atom stereocenters. The second-order valence-electron chi connectivity index (χ2n) is 8.41. The highest BCUT2D eigenvalue weighted by Gasteiger charge is 2.31. The first-order valence-corrected chi connectivity index (χ1v) is 10.8. The van der Waals surface area contributed by atoms with Crippen LogP contribution in [0.1, 0.15) is 45.6 Å². The lowest BCUT2D eigenvalue weighted by atomic mass is 10.0. The Balaban J connectivity index is 2.96. The summed E-state index contributed by atoms with van der Waals surface area (Å²) in [5.41, 5.74) is 0.799. The van der Waals surface area contributed by atoms with Crippen molar-refractivity contribution in [2.75, 3.05) is 7.11 Å². The van der Waals surface area contributed by atoms with Gasteiger partial charge in [0.05, 0.1) is 7.11 Å². The molecule has 0 saturated heterocycles. The van der Waals surface area contributed by atoms with Crippen molar-refractivity contribution in [1.82, 2.24) is 16.0 Å². The minimum absolute atomic E-state index is 0.01000. The Hall–Kier alpha value is -3.04. The predicted octanol–water partition coefficient (Wildman–Crippen LogP) is 1.97. The van der Waals surface area contributed by atoms with Gasteiger partial charge in [-0.2, -0.15) is 0 Å². The summed E-state index contributed by atoms with van der Waals surface area (Å²) in [6.45, 7) is 4.40. The third-order valence-corrected chi connectivity index (χ3v) is 4.88. The third kappa shape index (κ3) is 10.9. The van der Waals surface area contributed by atoms with E-state index in [1.807, 2.05) is 19.9 Å². The van der Waals surface area contributed by atoms with Crippen molar-refractivity contribution >= 4 is 24.2 Å². The summed E-state index contributed by atoms with van der Waals surface area (Å²) >= 11 is 0. The van der Waals surface area contributed by atoms with Crippen LogP contribution >= 0.6 is 0 Å². The summed E-state index contributed by atoms with van der Waals surface area (Å²) in [5, 5.41) is 7.36. The van der Waals surface area contributed by atoms with Crippen LogP contribution in [0.2, 0.25) is 0 Å². The van der Waals surface area contributed by atoms with Crippen molar-refractivity contribution in [1.29, 1.82) is 0 Å². The molecule has 0 aliphatic heterocycles. The summed E-state index contributed by atoms with van der Waals surface area (Å²) in [5.74, 6) is -5.04. The lowest BCUT2D eigenvalue weighted by molar-refractivity contribution is -0.145. The van der Waals surface area contributed by atoms with Gasteiger partial charge >= 0.3 is 5.97 Å². The smallest absolute Gasteiger partial charge is 0.328 e. The maximum atomic E-state index is 13.2. The van der Waals surface area contributed by atoms with E-state index in [-0.39, 0.29) is 31.6 Å². The number of carbonyl (C=O) groups is 4.